The molecule has 0 bridgehead atoms. The molecule has 6 rings (SSSR count). The molecule has 2 heterocycles. The van der Waals surface area contributed by atoms with E-state index in [1.54, 1.807) is 0 Å². The highest BCUT2D eigenvalue weighted by Crippen LogP contribution is 2.36. The van der Waals surface area contributed by atoms with Gasteiger partial charge in [-0.2, -0.15) is 4.98 Å². The number of nitrogens with zero attached hydrogens (tertiary/aromatic N) is 3. The van der Waals surface area contributed by atoms with Crippen LogP contribution in [0.25, 0.3) is 22.8 Å². The van der Waals surface area contributed by atoms with Gasteiger partial charge in [0, 0.05) is 18.1 Å². The van der Waals surface area contributed by atoms with Crippen molar-refractivity contribution in [2.24, 2.45) is 5.73 Å². The second kappa shape index (κ2) is 13.9. The third-order valence-corrected chi connectivity index (χ3v) is 7.58. The number of hydrogen-bond donors (Lipinski definition) is 1. The van der Waals surface area contributed by atoms with Gasteiger partial charge in [-0.3, -0.25) is 4.79 Å². The maximum Gasteiger partial charge on any atom is 0.271 e. The van der Waals surface area contributed by atoms with Crippen LogP contribution in [0, 0.1) is 0 Å². The van der Waals surface area contributed by atoms with Gasteiger partial charge in [0.05, 0.1) is 5.56 Å². The van der Waals surface area contributed by atoms with E-state index >= 15 is 0 Å². The summed E-state index contributed by atoms with van der Waals surface area (Å²) < 4.78 is 23.9. The fraction of sp³-hybridized carbons (Fsp3) is 0.189. The molecule has 46 heavy (non-hydrogen) atoms. The highest BCUT2D eigenvalue weighted by atomic mass is 16.5. The molecule has 0 atom stereocenters. The second-order valence-corrected chi connectivity index (χ2v) is 11.2. The van der Waals surface area contributed by atoms with Crippen LogP contribution in [0.2, 0.25) is 0 Å². The van der Waals surface area contributed by atoms with Crippen molar-refractivity contribution in [3.05, 3.63) is 137 Å². The zero-order valence-electron chi connectivity index (χ0n) is 25.7. The van der Waals surface area contributed by atoms with Crippen LogP contribution in [0.4, 0.5) is 0 Å². The van der Waals surface area contributed by atoms with E-state index in [0.29, 0.717) is 49.0 Å². The highest BCUT2D eigenvalue weighted by Gasteiger charge is 2.27. The zero-order chi connectivity index (χ0) is 31.9. The molecule has 0 spiro atoms. The Morgan fingerprint density at radius 1 is 0.761 bits per heavy atom. The summed E-state index contributed by atoms with van der Waals surface area (Å²) in [4.78, 5) is 16.9. The van der Waals surface area contributed by atoms with Crippen LogP contribution in [-0.2, 0) is 26.1 Å². The molecule has 6 aromatic rings. The first-order chi connectivity index (χ1) is 22.5. The molecule has 0 unspecified atom stereocenters. The Morgan fingerprint density at radius 3 is 1.98 bits per heavy atom. The predicted octanol–water partition coefficient (Wildman–Crippen LogP) is 7.56. The molecule has 0 aliphatic heterocycles. The van der Waals surface area contributed by atoms with E-state index in [2.05, 4.69) is 35.2 Å². The smallest absolute Gasteiger partial charge is 0.271 e. The summed E-state index contributed by atoms with van der Waals surface area (Å²) in [7, 11) is 0. The lowest BCUT2D eigenvalue weighted by molar-refractivity contribution is 0.0992. The number of carbonyl (C=O) groups is 1. The molecule has 2 N–H and O–H groups in total. The minimum absolute atomic E-state index is 0.0523. The van der Waals surface area contributed by atoms with Crippen molar-refractivity contribution in [1.82, 2.24) is 15.3 Å². The Morgan fingerprint density at radius 2 is 1.37 bits per heavy atom. The molecule has 4 aromatic carbocycles. The van der Waals surface area contributed by atoms with Gasteiger partial charge in [0.2, 0.25) is 5.82 Å². The van der Waals surface area contributed by atoms with Crippen molar-refractivity contribution in [2.45, 2.75) is 45.8 Å². The maximum absolute atomic E-state index is 12.3. The van der Waals surface area contributed by atoms with Crippen molar-refractivity contribution in [2.75, 3.05) is 0 Å². The first kappa shape index (κ1) is 30.3. The second-order valence-electron chi connectivity index (χ2n) is 11.2. The Kier molecular flexibility index (Phi) is 9.19. The molecule has 232 valence electrons. The first-order valence-corrected chi connectivity index (χ1v) is 15.1. The summed E-state index contributed by atoms with van der Waals surface area (Å²) >= 11 is 0. The number of aryl methyl sites for hydroxylation is 2. The lowest BCUT2D eigenvalue weighted by Gasteiger charge is -2.20. The van der Waals surface area contributed by atoms with Crippen LogP contribution in [0.1, 0.15) is 58.3 Å². The third kappa shape index (κ3) is 6.99. The molecule has 9 nitrogen and oxygen atoms in total. The number of benzene rings is 4. The molecule has 0 fully saturated rings. The van der Waals surface area contributed by atoms with E-state index in [4.69, 9.17) is 24.3 Å². The maximum atomic E-state index is 12.3. The number of aromatic nitrogens is 3. The van der Waals surface area contributed by atoms with Crippen LogP contribution in [0.3, 0.4) is 0 Å². The number of amides is 1. The fourth-order valence-corrected chi connectivity index (χ4v) is 5.17. The zero-order valence-corrected chi connectivity index (χ0v) is 25.7. The lowest BCUT2D eigenvalue weighted by atomic mass is 9.96. The summed E-state index contributed by atoms with van der Waals surface area (Å²) in [5, 5.41) is 8.11. The molecule has 0 radical (unpaired) electrons. The normalized spacial score (nSPS) is 11.1. The molecule has 0 aliphatic carbocycles. The Balaban J connectivity index is 1.32. The first-order valence-electron chi connectivity index (χ1n) is 15.1. The summed E-state index contributed by atoms with van der Waals surface area (Å²) in [6.45, 7) is 5.09. The Hall–Kier alpha value is -5.70. The van der Waals surface area contributed by atoms with E-state index < -0.39 is 5.91 Å². The highest BCUT2D eigenvalue weighted by molar-refractivity contribution is 5.97. The van der Waals surface area contributed by atoms with E-state index in [1.807, 2.05) is 97.1 Å². The molecule has 0 aliphatic rings. The van der Waals surface area contributed by atoms with Crippen LogP contribution in [-0.4, -0.2) is 21.2 Å². The van der Waals surface area contributed by atoms with Gasteiger partial charge < -0.3 is 24.3 Å². The van der Waals surface area contributed by atoms with E-state index in [-0.39, 0.29) is 17.4 Å². The lowest BCUT2D eigenvalue weighted by Crippen LogP contribution is -2.13. The number of ether oxygens (including phenoxy) is 2. The van der Waals surface area contributed by atoms with E-state index in [0.717, 1.165) is 33.6 Å². The third-order valence-electron chi connectivity index (χ3n) is 7.58. The minimum Gasteiger partial charge on any atom is -0.488 e. The van der Waals surface area contributed by atoms with Crippen LogP contribution in [0.5, 0.6) is 11.5 Å². The molecule has 0 saturated carbocycles. The van der Waals surface area contributed by atoms with Crippen molar-refractivity contribution in [1.29, 1.82) is 0 Å². The van der Waals surface area contributed by atoms with Crippen LogP contribution in [0.15, 0.2) is 112 Å². The van der Waals surface area contributed by atoms with Gasteiger partial charge >= 0.3 is 0 Å². The number of nitrogens with two attached hydrogens (primary N) is 1. The topological polar surface area (TPSA) is 127 Å². The minimum atomic E-state index is -0.745. The number of hydrogen-bond acceptors (Lipinski definition) is 8. The average Bonchev–Trinajstić information content (AvgIpc) is 3.75. The van der Waals surface area contributed by atoms with Crippen LogP contribution < -0.4 is 15.2 Å². The van der Waals surface area contributed by atoms with Crippen molar-refractivity contribution in [3.8, 4) is 34.3 Å². The van der Waals surface area contributed by atoms with Gasteiger partial charge in [-0.05, 0) is 52.8 Å². The molecule has 0 saturated heterocycles. The summed E-state index contributed by atoms with van der Waals surface area (Å²) in [5.41, 5.74) is 10.8. The monoisotopic (exact) mass is 614 g/mol. The van der Waals surface area contributed by atoms with Gasteiger partial charge in [0.25, 0.3) is 11.8 Å². The molecular formula is C37H34N4O5. The average molecular weight is 615 g/mol. The van der Waals surface area contributed by atoms with Gasteiger partial charge in [0.15, 0.2) is 5.69 Å². The summed E-state index contributed by atoms with van der Waals surface area (Å²) in [6.07, 6.45) is 0.876. The number of rotatable bonds is 13. The number of carbonyl (C=O) groups excluding carboxylic acids is 1. The molecule has 2 aromatic heterocycles. The van der Waals surface area contributed by atoms with Gasteiger partial charge in [-0.1, -0.05) is 103 Å². The summed E-state index contributed by atoms with van der Waals surface area (Å²) in [5.74, 6) is 1.80. The van der Waals surface area contributed by atoms with Crippen LogP contribution >= 0.6 is 0 Å². The SMILES string of the molecule is CC(C)c1cc(CCc2onc(C(N)=O)c2-c2noc(-c3ccccc3)n2)c(OCc2ccccc2)cc1OCc1ccccc1. The van der Waals surface area contributed by atoms with Gasteiger partial charge in [-0.25, -0.2) is 0 Å². The van der Waals surface area contributed by atoms with Crippen molar-refractivity contribution in [3.63, 3.8) is 0 Å². The molecular weight excluding hydrogens is 580 g/mol. The molecule has 1 amide bonds. The fourth-order valence-electron chi connectivity index (χ4n) is 5.17. The standard InChI is InChI=1S/C37H34N4O5/c1-24(2)29-20-28(31(43-22-25-12-6-3-7-13-25)21-32(29)44-23-26-14-8-4-9-15-26)18-19-30-33(34(35(38)42)40-45-30)36-39-37(46-41-36)27-16-10-5-11-17-27/h3-17,20-21,24H,18-19,22-23H2,1-2H3,(H2,38,42). The summed E-state index contributed by atoms with van der Waals surface area (Å²) in [6, 6.07) is 33.5. The van der Waals surface area contributed by atoms with Crippen molar-refractivity contribution < 1.29 is 23.3 Å². The van der Waals surface area contributed by atoms with Gasteiger partial charge in [-0.15, -0.1) is 0 Å². The van der Waals surface area contributed by atoms with E-state index in [9.17, 15) is 4.79 Å². The van der Waals surface area contributed by atoms with E-state index in [1.165, 1.54) is 0 Å². The Bertz CT molecular complexity index is 1900. The Labute approximate surface area is 267 Å². The number of primary amides is 1. The largest absolute Gasteiger partial charge is 0.488 e. The quantitative estimate of drug-likeness (QED) is 0.141. The van der Waals surface area contributed by atoms with Gasteiger partial charge in [0.1, 0.15) is 30.5 Å². The molecule has 9 heteroatoms. The predicted molar refractivity (Wildman–Crippen MR) is 173 cm³/mol. The van der Waals surface area contributed by atoms with Crippen molar-refractivity contribution >= 4 is 5.91 Å².